The number of fused-ring (bicyclic) bond motifs is 1. The second-order valence-corrected chi connectivity index (χ2v) is 12.9. The summed E-state index contributed by atoms with van der Waals surface area (Å²) in [6.45, 7) is 9.34. The maximum atomic E-state index is 14.0. The molecule has 1 heterocycles. The second kappa shape index (κ2) is 15.3. The monoisotopic (exact) mass is 662 g/mol. The largest absolute Gasteiger partial charge is 0.416 e. The van der Waals surface area contributed by atoms with E-state index in [0.717, 1.165) is 60.4 Å². The number of aromatic nitrogens is 2. The number of rotatable bonds is 13. The van der Waals surface area contributed by atoms with Crippen LogP contribution in [-0.2, 0) is 42.7 Å². The molecule has 0 saturated heterocycles. The Labute approximate surface area is 278 Å². The van der Waals surface area contributed by atoms with E-state index in [-0.39, 0.29) is 18.0 Å². The van der Waals surface area contributed by atoms with E-state index < -0.39 is 11.7 Å². The zero-order valence-corrected chi connectivity index (χ0v) is 28.0. The molecule has 0 radical (unpaired) electrons. The van der Waals surface area contributed by atoms with Crippen molar-refractivity contribution in [2.75, 3.05) is 26.2 Å². The maximum Gasteiger partial charge on any atom is 0.416 e. The fourth-order valence-corrected chi connectivity index (χ4v) is 6.76. The molecule has 1 aliphatic rings. The number of carbonyl (C=O) groups is 1. The number of amides is 1. The molecule has 0 N–H and O–H groups in total. The van der Waals surface area contributed by atoms with Crippen molar-refractivity contribution in [1.82, 2.24) is 19.4 Å². The first-order valence-corrected chi connectivity index (χ1v) is 17.1. The topological polar surface area (TPSA) is 58.4 Å². The van der Waals surface area contributed by atoms with E-state index in [1.807, 2.05) is 31.2 Å². The van der Waals surface area contributed by atoms with E-state index in [0.29, 0.717) is 48.1 Å². The van der Waals surface area contributed by atoms with Crippen molar-refractivity contribution in [1.29, 1.82) is 0 Å². The normalized spacial score (nSPS) is 12.8. The highest BCUT2D eigenvalue weighted by Crippen LogP contribution is 2.31. The molecule has 0 atom stereocenters. The predicted molar refractivity (Wildman–Crippen MR) is 181 cm³/mol. The smallest absolute Gasteiger partial charge is 0.336 e. The van der Waals surface area contributed by atoms with Crippen LogP contribution >= 0.6 is 11.8 Å². The summed E-state index contributed by atoms with van der Waals surface area (Å²) in [4.78, 5) is 36.7. The van der Waals surface area contributed by atoms with Crippen molar-refractivity contribution in [3.8, 4) is 11.1 Å². The van der Waals surface area contributed by atoms with Gasteiger partial charge in [-0.05, 0) is 73.7 Å². The number of hydrogen-bond donors (Lipinski definition) is 0. The number of likely N-dealkylation sites (N-methyl/N-ethyl adjacent to an activating group) is 1. The van der Waals surface area contributed by atoms with Gasteiger partial charge in [-0.1, -0.05) is 91.8 Å². The highest BCUT2D eigenvalue weighted by atomic mass is 32.2. The van der Waals surface area contributed by atoms with Gasteiger partial charge < -0.3 is 9.80 Å². The Morgan fingerprint density at radius 1 is 0.872 bits per heavy atom. The summed E-state index contributed by atoms with van der Waals surface area (Å²) < 4.78 is 40.6. The zero-order chi connectivity index (χ0) is 33.6. The lowest BCUT2D eigenvalue weighted by Crippen LogP contribution is -2.41. The first kappa shape index (κ1) is 34.4. The molecule has 0 bridgehead atoms. The number of nitrogens with zero attached hydrogens (tertiary/aromatic N) is 4. The molecule has 4 aromatic rings. The van der Waals surface area contributed by atoms with Crippen LogP contribution < -0.4 is 5.56 Å². The third kappa shape index (κ3) is 8.73. The minimum Gasteiger partial charge on any atom is -0.336 e. The molecule has 0 unspecified atom stereocenters. The lowest BCUT2D eigenvalue weighted by molar-refractivity contribution is -0.137. The molecule has 5 rings (SSSR count). The summed E-state index contributed by atoms with van der Waals surface area (Å²) >= 11 is 1.48. The Balaban J connectivity index is 1.37. The Kier molecular flexibility index (Phi) is 11.2. The number of aryl methyl sites for hydroxylation is 2. The Hall–Kier alpha value is -3.89. The average molecular weight is 663 g/mol. The number of carbonyl (C=O) groups excluding carboxylic acids is 1. The van der Waals surface area contributed by atoms with Gasteiger partial charge in [0.15, 0.2) is 5.16 Å². The molecule has 0 spiro atoms. The predicted octanol–water partition coefficient (Wildman–Crippen LogP) is 7.39. The average Bonchev–Trinajstić information content (AvgIpc) is 3.55. The van der Waals surface area contributed by atoms with Crippen molar-refractivity contribution in [2.45, 2.75) is 70.2 Å². The van der Waals surface area contributed by atoms with Crippen LogP contribution in [0.25, 0.3) is 11.1 Å². The Morgan fingerprint density at radius 3 is 2.11 bits per heavy atom. The molecule has 0 fully saturated rings. The van der Waals surface area contributed by atoms with Gasteiger partial charge in [0.05, 0.1) is 11.3 Å². The summed E-state index contributed by atoms with van der Waals surface area (Å²) in [5, 5.41) is 0.564. The van der Waals surface area contributed by atoms with Crippen molar-refractivity contribution in [2.24, 2.45) is 0 Å². The van der Waals surface area contributed by atoms with Crippen LogP contribution in [0.15, 0.2) is 82.7 Å². The molecule has 0 saturated carbocycles. The van der Waals surface area contributed by atoms with Crippen LogP contribution in [0.2, 0.25) is 0 Å². The number of benzene rings is 3. The van der Waals surface area contributed by atoms with E-state index in [1.54, 1.807) is 9.47 Å². The number of thioether (sulfide) groups is 1. The fourth-order valence-electron chi connectivity index (χ4n) is 5.79. The minimum atomic E-state index is -4.38. The molecular weight excluding hydrogens is 621 g/mol. The van der Waals surface area contributed by atoms with Gasteiger partial charge in [0, 0.05) is 31.0 Å². The van der Waals surface area contributed by atoms with E-state index in [1.165, 1.54) is 29.5 Å². The van der Waals surface area contributed by atoms with Crippen molar-refractivity contribution in [3.05, 3.63) is 117 Å². The Morgan fingerprint density at radius 2 is 1.49 bits per heavy atom. The number of alkyl halides is 3. The van der Waals surface area contributed by atoms with Crippen molar-refractivity contribution in [3.63, 3.8) is 0 Å². The quantitative estimate of drug-likeness (QED) is 0.110. The van der Waals surface area contributed by atoms with Crippen LogP contribution in [0.3, 0.4) is 0 Å². The Bertz CT molecular complexity index is 1720. The van der Waals surface area contributed by atoms with Crippen molar-refractivity contribution >= 4 is 17.7 Å². The van der Waals surface area contributed by atoms with Gasteiger partial charge in [-0.3, -0.25) is 14.2 Å². The van der Waals surface area contributed by atoms with E-state index in [9.17, 15) is 22.8 Å². The van der Waals surface area contributed by atoms with Gasteiger partial charge in [0.1, 0.15) is 6.54 Å². The third-order valence-corrected chi connectivity index (χ3v) is 9.79. The van der Waals surface area contributed by atoms with Gasteiger partial charge in [-0.15, -0.1) is 0 Å². The second-order valence-electron chi connectivity index (χ2n) is 12.0. The van der Waals surface area contributed by atoms with Crippen molar-refractivity contribution < 1.29 is 18.0 Å². The molecule has 3 aromatic carbocycles. The number of halogens is 3. The SMILES string of the molecule is CCN(CC)CCN(Cc1ccc(-c2ccc(C(F)(F)F)cc2)cc1)C(=O)Cn1c(SCc2ccc(C)cc2)nc2c(c1=O)CCC2. The van der Waals surface area contributed by atoms with Crippen LogP contribution in [-0.4, -0.2) is 51.4 Å². The van der Waals surface area contributed by atoms with E-state index >= 15 is 0 Å². The van der Waals surface area contributed by atoms with Gasteiger partial charge in [-0.2, -0.15) is 13.2 Å². The molecular formula is C37H41F3N4O2S. The molecule has 1 amide bonds. The summed E-state index contributed by atoms with van der Waals surface area (Å²) in [6, 6.07) is 20.9. The fraction of sp³-hybridized carbons (Fsp3) is 0.378. The molecule has 6 nitrogen and oxygen atoms in total. The van der Waals surface area contributed by atoms with Gasteiger partial charge >= 0.3 is 6.18 Å². The standard InChI is InChI=1S/C37H41F3N4O2S/c1-4-42(5-2)21-22-43(23-27-13-15-29(16-14-27)30-17-19-31(20-18-30)37(38,39)40)34(45)24-44-35(46)32-7-6-8-33(32)41-36(44)47-25-28-11-9-26(3)10-12-28/h9-20H,4-8,21-25H2,1-3H3. The lowest BCUT2D eigenvalue weighted by Gasteiger charge is -2.27. The summed E-state index contributed by atoms with van der Waals surface area (Å²) in [5.41, 5.74) is 5.40. The van der Waals surface area contributed by atoms with Gasteiger partial charge in [-0.25, -0.2) is 4.98 Å². The van der Waals surface area contributed by atoms with E-state index in [4.69, 9.17) is 4.98 Å². The highest BCUT2D eigenvalue weighted by molar-refractivity contribution is 7.98. The summed E-state index contributed by atoms with van der Waals surface area (Å²) in [5.74, 6) is 0.472. The first-order chi connectivity index (χ1) is 22.5. The minimum absolute atomic E-state index is 0.1000. The van der Waals surface area contributed by atoms with E-state index in [2.05, 4.69) is 43.0 Å². The highest BCUT2D eigenvalue weighted by Gasteiger charge is 2.30. The lowest BCUT2D eigenvalue weighted by atomic mass is 10.0. The molecule has 0 aliphatic heterocycles. The van der Waals surface area contributed by atoms with Crippen LogP contribution in [0.5, 0.6) is 0 Å². The van der Waals surface area contributed by atoms with Gasteiger partial charge in [0.25, 0.3) is 5.56 Å². The van der Waals surface area contributed by atoms with Crippen LogP contribution in [0, 0.1) is 6.92 Å². The van der Waals surface area contributed by atoms with Crippen LogP contribution in [0.4, 0.5) is 13.2 Å². The first-order valence-electron chi connectivity index (χ1n) is 16.1. The summed E-state index contributed by atoms with van der Waals surface area (Å²) in [7, 11) is 0. The maximum absolute atomic E-state index is 14.0. The molecule has 47 heavy (non-hydrogen) atoms. The third-order valence-electron chi connectivity index (χ3n) is 8.74. The molecule has 1 aliphatic carbocycles. The molecule has 1 aromatic heterocycles. The van der Waals surface area contributed by atoms with Crippen LogP contribution in [0.1, 0.15) is 53.8 Å². The molecule has 10 heteroatoms. The zero-order valence-electron chi connectivity index (χ0n) is 27.1. The molecule has 248 valence electrons. The van der Waals surface area contributed by atoms with Gasteiger partial charge in [0.2, 0.25) is 5.91 Å². The number of hydrogen-bond acceptors (Lipinski definition) is 5. The summed E-state index contributed by atoms with van der Waals surface area (Å²) in [6.07, 6.45) is -2.05.